The topological polar surface area (TPSA) is 44.1 Å². The molecule has 0 aromatic heterocycles. The van der Waals surface area contributed by atoms with E-state index in [1.54, 1.807) is 4.90 Å². The van der Waals surface area contributed by atoms with Gasteiger partial charge in [0.05, 0.1) is 6.07 Å². The summed E-state index contributed by atoms with van der Waals surface area (Å²) >= 11 is 0. The Balaban J connectivity index is 2.97. The molecule has 0 saturated carbocycles. The summed E-state index contributed by atoms with van der Waals surface area (Å²) in [4.78, 5) is 13.8. The number of benzene rings is 1. The third-order valence-electron chi connectivity index (χ3n) is 2.65. The molecule has 0 bridgehead atoms. The quantitative estimate of drug-likeness (QED) is 0.746. The molecule has 0 spiro atoms. The summed E-state index contributed by atoms with van der Waals surface area (Å²) in [7, 11) is 0. The monoisotopic (exact) mass is 230 g/mol. The molecule has 0 N–H and O–H groups in total. The molecule has 3 heteroatoms. The molecule has 0 heterocycles. The number of nitrogens with zero attached hydrogens (tertiary/aromatic N) is 2. The molecule has 3 nitrogen and oxygen atoms in total. The van der Waals surface area contributed by atoms with Gasteiger partial charge in [-0.15, -0.1) is 0 Å². The summed E-state index contributed by atoms with van der Waals surface area (Å²) < 4.78 is 0. The summed E-state index contributed by atoms with van der Waals surface area (Å²) in [6.45, 7) is 6.70. The Hall–Kier alpha value is -1.82. The van der Waals surface area contributed by atoms with E-state index in [0.29, 0.717) is 12.1 Å². The van der Waals surface area contributed by atoms with E-state index >= 15 is 0 Å². The molecule has 1 aromatic carbocycles. The zero-order chi connectivity index (χ0) is 12.8. The maximum atomic E-state index is 12.2. The summed E-state index contributed by atoms with van der Waals surface area (Å²) in [5.41, 5.74) is 2.80. The van der Waals surface area contributed by atoms with Crippen molar-refractivity contribution < 1.29 is 4.79 Å². The van der Waals surface area contributed by atoms with Crippen molar-refractivity contribution in [2.24, 2.45) is 0 Å². The zero-order valence-electron chi connectivity index (χ0n) is 10.7. The van der Waals surface area contributed by atoms with Crippen LogP contribution in [0, 0.1) is 25.2 Å². The number of amides is 1. The molecule has 0 radical (unpaired) electrons. The fourth-order valence-electron chi connectivity index (χ4n) is 1.83. The van der Waals surface area contributed by atoms with Gasteiger partial charge >= 0.3 is 0 Å². The third kappa shape index (κ3) is 3.32. The van der Waals surface area contributed by atoms with Crippen LogP contribution < -0.4 is 0 Å². The molecule has 0 unspecified atom stereocenters. The maximum Gasteiger partial charge on any atom is 0.254 e. The number of hydrogen-bond acceptors (Lipinski definition) is 2. The number of aryl methyl sites for hydroxylation is 2. The fraction of sp³-hybridized carbons (Fsp3) is 0.429. The lowest BCUT2D eigenvalue weighted by atomic mass is 10.0. The van der Waals surface area contributed by atoms with Crippen LogP contribution in [-0.4, -0.2) is 23.9 Å². The average Bonchev–Trinajstić information content (AvgIpc) is 2.28. The highest BCUT2D eigenvalue weighted by Gasteiger charge is 2.16. The van der Waals surface area contributed by atoms with Crippen molar-refractivity contribution >= 4 is 5.91 Å². The van der Waals surface area contributed by atoms with Crippen LogP contribution in [0.1, 0.15) is 34.8 Å². The third-order valence-corrected chi connectivity index (χ3v) is 2.65. The first kappa shape index (κ1) is 13.2. The van der Waals surface area contributed by atoms with Crippen LogP contribution in [0.5, 0.6) is 0 Å². The molecular weight excluding hydrogens is 212 g/mol. The van der Waals surface area contributed by atoms with Crippen LogP contribution in [0.3, 0.4) is 0 Å². The molecule has 0 atom stereocenters. The van der Waals surface area contributed by atoms with Crippen molar-refractivity contribution in [1.82, 2.24) is 4.90 Å². The van der Waals surface area contributed by atoms with Gasteiger partial charge in [0.2, 0.25) is 0 Å². The maximum absolute atomic E-state index is 12.2. The first-order valence-electron chi connectivity index (χ1n) is 5.83. The van der Waals surface area contributed by atoms with Gasteiger partial charge in [-0.1, -0.05) is 24.6 Å². The zero-order valence-corrected chi connectivity index (χ0v) is 10.7. The first-order valence-corrected chi connectivity index (χ1v) is 5.83. The van der Waals surface area contributed by atoms with Crippen molar-refractivity contribution in [3.8, 4) is 6.07 Å². The van der Waals surface area contributed by atoms with Gasteiger partial charge < -0.3 is 4.90 Å². The second-order valence-corrected chi connectivity index (χ2v) is 4.20. The van der Waals surface area contributed by atoms with Crippen LogP contribution in [0.15, 0.2) is 18.2 Å². The van der Waals surface area contributed by atoms with E-state index in [0.717, 1.165) is 17.5 Å². The molecule has 0 aliphatic rings. The molecule has 17 heavy (non-hydrogen) atoms. The predicted octanol–water partition coefficient (Wildman–Crippen LogP) is 2.68. The molecule has 90 valence electrons. The molecular formula is C14H18N2O. The Labute approximate surface area is 103 Å². The minimum absolute atomic E-state index is 0.0501. The van der Waals surface area contributed by atoms with E-state index in [2.05, 4.69) is 0 Å². The number of nitriles is 1. The van der Waals surface area contributed by atoms with Gasteiger partial charge in [-0.2, -0.15) is 5.26 Å². The molecule has 0 aliphatic carbocycles. The largest absolute Gasteiger partial charge is 0.325 e. The van der Waals surface area contributed by atoms with E-state index in [9.17, 15) is 4.79 Å². The van der Waals surface area contributed by atoms with Gasteiger partial charge in [-0.05, 0) is 31.9 Å². The van der Waals surface area contributed by atoms with Gasteiger partial charge in [0, 0.05) is 12.1 Å². The van der Waals surface area contributed by atoms with E-state index < -0.39 is 0 Å². The lowest BCUT2D eigenvalue weighted by molar-refractivity contribution is 0.0775. The Morgan fingerprint density at radius 1 is 1.41 bits per heavy atom. The highest BCUT2D eigenvalue weighted by molar-refractivity contribution is 5.95. The summed E-state index contributed by atoms with van der Waals surface area (Å²) in [5.74, 6) is -0.0501. The molecule has 0 aliphatic heterocycles. The van der Waals surface area contributed by atoms with Gasteiger partial charge in [0.1, 0.15) is 6.54 Å². The average molecular weight is 230 g/mol. The molecule has 0 saturated heterocycles. The van der Waals surface area contributed by atoms with Crippen LogP contribution >= 0.6 is 0 Å². The summed E-state index contributed by atoms with van der Waals surface area (Å²) in [6.07, 6.45) is 0.859. The second kappa shape index (κ2) is 6.05. The lowest BCUT2D eigenvalue weighted by Crippen LogP contribution is -2.32. The van der Waals surface area contributed by atoms with Gasteiger partial charge in [-0.25, -0.2) is 0 Å². The molecule has 1 rings (SSSR count). The smallest absolute Gasteiger partial charge is 0.254 e. The van der Waals surface area contributed by atoms with Crippen molar-refractivity contribution in [1.29, 1.82) is 5.26 Å². The summed E-state index contributed by atoms with van der Waals surface area (Å²) in [6, 6.07) is 7.80. The first-order chi connectivity index (χ1) is 8.10. The van der Waals surface area contributed by atoms with E-state index in [1.807, 2.05) is 45.0 Å². The molecule has 1 aromatic rings. The van der Waals surface area contributed by atoms with Crippen LogP contribution in [0.25, 0.3) is 0 Å². The van der Waals surface area contributed by atoms with E-state index in [1.165, 1.54) is 0 Å². The van der Waals surface area contributed by atoms with Crippen LogP contribution in [-0.2, 0) is 0 Å². The Bertz CT molecular complexity index is 446. The highest BCUT2D eigenvalue weighted by Crippen LogP contribution is 2.13. The second-order valence-electron chi connectivity index (χ2n) is 4.20. The van der Waals surface area contributed by atoms with Crippen molar-refractivity contribution in [2.75, 3.05) is 13.1 Å². The van der Waals surface area contributed by atoms with Gasteiger partial charge in [0.25, 0.3) is 5.91 Å². The number of carbonyl (C=O) groups excluding carboxylic acids is 1. The number of hydrogen-bond donors (Lipinski definition) is 0. The fourth-order valence-corrected chi connectivity index (χ4v) is 1.83. The van der Waals surface area contributed by atoms with Crippen molar-refractivity contribution in [2.45, 2.75) is 27.2 Å². The van der Waals surface area contributed by atoms with Crippen molar-refractivity contribution in [3.05, 3.63) is 34.9 Å². The van der Waals surface area contributed by atoms with Gasteiger partial charge in [-0.3, -0.25) is 4.79 Å². The lowest BCUT2D eigenvalue weighted by Gasteiger charge is -2.19. The Morgan fingerprint density at radius 3 is 2.65 bits per heavy atom. The number of carbonyl (C=O) groups is 1. The molecule has 0 fully saturated rings. The summed E-state index contributed by atoms with van der Waals surface area (Å²) in [5, 5.41) is 8.73. The van der Waals surface area contributed by atoms with E-state index in [4.69, 9.17) is 5.26 Å². The van der Waals surface area contributed by atoms with Crippen LogP contribution in [0.2, 0.25) is 0 Å². The SMILES string of the molecule is CCCN(CC#N)C(=O)c1ccc(C)cc1C. The van der Waals surface area contributed by atoms with Crippen LogP contribution in [0.4, 0.5) is 0 Å². The number of rotatable bonds is 4. The normalized spacial score (nSPS) is 9.76. The minimum Gasteiger partial charge on any atom is -0.325 e. The molecule has 1 amide bonds. The van der Waals surface area contributed by atoms with E-state index in [-0.39, 0.29) is 12.5 Å². The Morgan fingerprint density at radius 2 is 2.12 bits per heavy atom. The minimum atomic E-state index is -0.0501. The van der Waals surface area contributed by atoms with Crippen molar-refractivity contribution in [3.63, 3.8) is 0 Å². The Kier molecular flexibility index (Phi) is 4.71. The predicted molar refractivity (Wildman–Crippen MR) is 67.7 cm³/mol. The standard InChI is InChI=1S/C14H18N2O/c1-4-8-16(9-7-15)14(17)13-6-5-11(2)10-12(13)3/h5-6,10H,4,8-9H2,1-3H3. The van der Waals surface area contributed by atoms with Gasteiger partial charge in [0.15, 0.2) is 0 Å². The highest BCUT2D eigenvalue weighted by atomic mass is 16.2.